The van der Waals surface area contributed by atoms with Crippen LogP contribution in [0.15, 0.2) is 83.6 Å². The maximum atomic E-state index is 13.5. The van der Waals surface area contributed by atoms with Crippen LogP contribution < -0.4 is 15.1 Å². The zero-order chi connectivity index (χ0) is 23.5. The smallest absolute Gasteiger partial charge is 0.213 e. The fourth-order valence-electron chi connectivity index (χ4n) is 3.73. The van der Waals surface area contributed by atoms with Gasteiger partial charge in [0.2, 0.25) is 11.8 Å². The van der Waals surface area contributed by atoms with Crippen molar-refractivity contribution in [2.45, 2.75) is 13.1 Å². The Morgan fingerprint density at radius 1 is 0.971 bits per heavy atom. The van der Waals surface area contributed by atoms with Crippen molar-refractivity contribution in [1.82, 2.24) is 15.0 Å². The third kappa shape index (κ3) is 4.71. The van der Waals surface area contributed by atoms with Crippen molar-refractivity contribution in [3.8, 4) is 0 Å². The molecule has 2 aromatic heterocycles. The molecule has 34 heavy (non-hydrogen) atoms. The minimum Gasteiger partial charge on any atom is -0.447 e. The van der Waals surface area contributed by atoms with Crippen molar-refractivity contribution < 1.29 is 8.81 Å². The molecular weight excluding hydrogens is 431 g/mol. The molecule has 172 valence electrons. The van der Waals surface area contributed by atoms with Gasteiger partial charge in [-0.3, -0.25) is 0 Å². The minimum atomic E-state index is -0.271. The molecule has 0 saturated heterocycles. The van der Waals surface area contributed by atoms with Gasteiger partial charge in [0.1, 0.15) is 12.1 Å². The SMILES string of the molecule is CN(C)c1nc2ccc(NCc3ccc(N(Cc4ncco4)c4ccc(F)cc4)cc3)cc2[nH]1. The molecule has 0 bridgehead atoms. The molecule has 0 amide bonds. The lowest BCUT2D eigenvalue weighted by Crippen LogP contribution is -2.16. The van der Waals surface area contributed by atoms with Crippen LogP contribution in [0, 0.1) is 5.82 Å². The molecule has 7 nitrogen and oxygen atoms in total. The summed E-state index contributed by atoms with van der Waals surface area (Å²) in [4.78, 5) is 16.1. The number of benzene rings is 3. The fraction of sp³-hybridized carbons (Fsp3) is 0.154. The summed E-state index contributed by atoms with van der Waals surface area (Å²) in [5.74, 6) is 1.15. The standard InChI is InChI=1S/C26H25FN6O/c1-32(2)26-30-23-12-7-20(15-24(23)31-26)29-16-18-3-8-21(9-4-18)33(17-25-28-13-14-34-25)22-10-5-19(27)6-11-22/h3-15,29H,16-17H2,1-2H3,(H,30,31). The number of rotatable bonds is 8. The average molecular weight is 457 g/mol. The summed E-state index contributed by atoms with van der Waals surface area (Å²) in [6.07, 6.45) is 3.17. The fourth-order valence-corrected chi connectivity index (χ4v) is 3.73. The molecule has 5 aromatic rings. The maximum absolute atomic E-state index is 13.5. The Morgan fingerprint density at radius 2 is 1.71 bits per heavy atom. The lowest BCUT2D eigenvalue weighted by molar-refractivity contribution is 0.495. The number of nitrogens with zero attached hydrogens (tertiary/aromatic N) is 4. The van der Waals surface area contributed by atoms with E-state index in [1.54, 1.807) is 24.6 Å². The summed E-state index contributed by atoms with van der Waals surface area (Å²) < 4.78 is 18.9. The molecule has 0 spiro atoms. The molecule has 2 heterocycles. The molecule has 3 aromatic carbocycles. The van der Waals surface area contributed by atoms with Gasteiger partial charge in [0, 0.05) is 37.7 Å². The topological polar surface area (TPSA) is 73.2 Å². The van der Waals surface area contributed by atoms with E-state index in [1.807, 2.05) is 48.2 Å². The molecule has 5 rings (SSSR count). The summed E-state index contributed by atoms with van der Waals surface area (Å²) in [6.45, 7) is 1.12. The number of anilines is 4. The summed E-state index contributed by atoms with van der Waals surface area (Å²) in [6, 6.07) is 20.8. The second-order valence-corrected chi connectivity index (χ2v) is 8.20. The number of H-pyrrole nitrogens is 1. The highest BCUT2D eigenvalue weighted by atomic mass is 19.1. The van der Waals surface area contributed by atoms with Crippen molar-refractivity contribution in [2.75, 3.05) is 29.2 Å². The number of hydrogen-bond donors (Lipinski definition) is 2. The van der Waals surface area contributed by atoms with Gasteiger partial charge in [0.05, 0.1) is 23.8 Å². The molecule has 8 heteroatoms. The number of nitrogens with one attached hydrogen (secondary N) is 2. The highest BCUT2D eigenvalue weighted by Crippen LogP contribution is 2.28. The van der Waals surface area contributed by atoms with Crippen LogP contribution in [0.25, 0.3) is 11.0 Å². The van der Waals surface area contributed by atoms with Crippen LogP contribution in [0.2, 0.25) is 0 Å². The van der Waals surface area contributed by atoms with Crippen LogP contribution in [-0.4, -0.2) is 29.0 Å². The number of aromatic amines is 1. The van der Waals surface area contributed by atoms with Crippen molar-refractivity contribution in [1.29, 1.82) is 0 Å². The van der Waals surface area contributed by atoms with Crippen molar-refractivity contribution in [3.63, 3.8) is 0 Å². The van der Waals surface area contributed by atoms with Gasteiger partial charge in [0.15, 0.2) is 0 Å². The molecule has 0 aliphatic heterocycles. The zero-order valence-electron chi connectivity index (χ0n) is 19.0. The monoisotopic (exact) mass is 456 g/mol. The average Bonchev–Trinajstić information content (AvgIpc) is 3.52. The van der Waals surface area contributed by atoms with E-state index >= 15 is 0 Å². The third-order valence-electron chi connectivity index (χ3n) is 5.55. The van der Waals surface area contributed by atoms with Crippen molar-refractivity contribution >= 4 is 34.0 Å². The molecule has 0 saturated carbocycles. The molecule has 0 fully saturated rings. The summed E-state index contributed by atoms with van der Waals surface area (Å²) in [5, 5.41) is 3.47. The predicted molar refractivity (Wildman–Crippen MR) is 133 cm³/mol. The second-order valence-electron chi connectivity index (χ2n) is 8.20. The molecule has 0 aliphatic carbocycles. The van der Waals surface area contributed by atoms with E-state index in [0.29, 0.717) is 19.0 Å². The number of halogens is 1. The van der Waals surface area contributed by atoms with E-state index in [0.717, 1.165) is 39.6 Å². The van der Waals surface area contributed by atoms with E-state index in [4.69, 9.17) is 4.42 Å². The normalized spacial score (nSPS) is 11.0. The number of imidazole rings is 1. The number of aromatic nitrogens is 3. The number of fused-ring (bicyclic) bond motifs is 1. The lowest BCUT2D eigenvalue weighted by atomic mass is 10.1. The summed E-state index contributed by atoms with van der Waals surface area (Å²) in [7, 11) is 3.92. The van der Waals surface area contributed by atoms with E-state index in [9.17, 15) is 4.39 Å². The largest absolute Gasteiger partial charge is 0.447 e. The quantitative estimate of drug-likeness (QED) is 0.312. The molecule has 0 radical (unpaired) electrons. The van der Waals surface area contributed by atoms with Crippen LogP contribution in [0.5, 0.6) is 0 Å². The van der Waals surface area contributed by atoms with Gasteiger partial charge in [-0.1, -0.05) is 12.1 Å². The van der Waals surface area contributed by atoms with Crippen molar-refractivity contribution in [3.05, 3.63) is 96.5 Å². The van der Waals surface area contributed by atoms with Crippen LogP contribution in [-0.2, 0) is 13.1 Å². The van der Waals surface area contributed by atoms with Crippen molar-refractivity contribution in [2.24, 2.45) is 0 Å². The highest BCUT2D eigenvalue weighted by Gasteiger charge is 2.13. The van der Waals surface area contributed by atoms with Gasteiger partial charge in [0.25, 0.3) is 0 Å². The van der Waals surface area contributed by atoms with Crippen LogP contribution in [0.4, 0.5) is 27.4 Å². The summed E-state index contributed by atoms with van der Waals surface area (Å²) in [5.41, 5.74) is 5.90. The Hall–Kier alpha value is -4.33. The van der Waals surface area contributed by atoms with E-state index in [2.05, 4.69) is 38.5 Å². The number of hydrogen-bond acceptors (Lipinski definition) is 6. The number of oxazole rings is 1. The molecule has 0 unspecified atom stereocenters. The first kappa shape index (κ1) is 21.5. The van der Waals surface area contributed by atoms with Gasteiger partial charge in [-0.25, -0.2) is 14.4 Å². The second kappa shape index (κ2) is 9.27. The third-order valence-corrected chi connectivity index (χ3v) is 5.55. The predicted octanol–water partition coefficient (Wildman–Crippen LogP) is 5.71. The molecular formula is C26H25FN6O. The first-order chi connectivity index (χ1) is 16.5. The van der Waals surface area contributed by atoms with E-state index < -0.39 is 0 Å². The van der Waals surface area contributed by atoms with Crippen LogP contribution in [0.1, 0.15) is 11.5 Å². The van der Waals surface area contributed by atoms with Gasteiger partial charge in [-0.05, 0) is 60.2 Å². The Morgan fingerprint density at radius 3 is 2.38 bits per heavy atom. The Labute approximate surface area is 196 Å². The van der Waals surface area contributed by atoms with Gasteiger partial charge < -0.3 is 24.5 Å². The Balaban J connectivity index is 1.31. The first-order valence-corrected chi connectivity index (χ1v) is 11.0. The molecule has 2 N–H and O–H groups in total. The van der Waals surface area contributed by atoms with Gasteiger partial charge in [-0.15, -0.1) is 0 Å². The van der Waals surface area contributed by atoms with Gasteiger partial charge in [-0.2, -0.15) is 0 Å². The minimum absolute atomic E-state index is 0.271. The summed E-state index contributed by atoms with van der Waals surface area (Å²) >= 11 is 0. The maximum Gasteiger partial charge on any atom is 0.213 e. The zero-order valence-corrected chi connectivity index (χ0v) is 19.0. The highest BCUT2D eigenvalue weighted by molar-refractivity contribution is 5.81. The first-order valence-electron chi connectivity index (χ1n) is 11.0. The van der Waals surface area contributed by atoms with Crippen LogP contribution in [0.3, 0.4) is 0 Å². The van der Waals surface area contributed by atoms with Gasteiger partial charge >= 0.3 is 0 Å². The van der Waals surface area contributed by atoms with E-state index in [1.165, 1.54) is 12.1 Å². The van der Waals surface area contributed by atoms with E-state index in [-0.39, 0.29) is 5.82 Å². The molecule has 0 atom stereocenters. The van der Waals surface area contributed by atoms with Crippen LogP contribution >= 0.6 is 0 Å². The Kier molecular flexibility index (Phi) is 5.86. The lowest BCUT2D eigenvalue weighted by Gasteiger charge is -2.24. The Bertz CT molecular complexity index is 1360. The molecule has 0 aliphatic rings.